The zero-order valence-corrected chi connectivity index (χ0v) is 22.6. The molecule has 6 rings (SSSR count). The molecule has 1 aromatic heterocycles. The highest BCUT2D eigenvalue weighted by atomic mass is 16.5. The largest absolute Gasteiger partial charge is 0.465 e. The Kier molecular flexibility index (Phi) is 6.76. The summed E-state index contributed by atoms with van der Waals surface area (Å²) in [5.74, 6) is 0.233. The monoisotopic (exact) mass is 536 g/mol. The van der Waals surface area contributed by atoms with Crippen LogP contribution >= 0.6 is 0 Å². The van der Waals surface area contributed by atoms with Gasteiger partial charge in [-0.3, -0.25) is 9.59 Å². The molecule has 2 unspecified atom stereocenters. The number of nitrogens with zero attached hydrogens (tertiary/aromatic N) is 1. The Hall–Kier alpha value is -4.23. The van der Waals surface area contributed by atoms with Crippen LogP contribution in [-0.4, -0.2) is 34.9 Å². The van der Waals surface area contributed by atoms with E-state index in [1.807, 2.05) is 86.6 Å². The highest BCUT2D eigenvalue weighted by molar-refractivity contribution is 5.87. The summed E-state index contributed by atoms with van der Waals surface area (Å²) < 4.78 is 10.9. The minimum Gasteiger partial charge on any atom is -0.465 e. The summed E-state index contributed by atoms with van der Waals surface area (Å²) in [5, 5.41) is 17.7. The van der Waals surface area contributed by atoms with Gasteiger partial charge >= 0.3 is 5.97 Å². The molecule has 7 heteroatoms. The Bertz CT molecular complexity index is 1550. The lowest BCUT2D eigenvalue weighted by Crippen LogP contribution is -2.34. The van der Waals surface area contributed by atoms with Crippen LogP contribution in [0.1, 0.15) is 53.8 Å². The van der Waals surface area contributed by atoms with Crippen LogP contribution < -0.4 is 5.32 Å². The van der Waals surface area contributed by atoms with E-state index in [1.54, 1.807) is 0 Å². The van der Waals surface area contributed by atoms with E-state index in [9.17, 15) is 14.7 Å². The van der Waals surface area contributed by atoms with Crippen LogP contribution in [0.5, 0.6) is 0 Å². The fraction of sp³-hybridized carbons (Fsp3) is 0.303. The second-order valence-electron chi connectivity index (χ2n) is 10.7. The van der Waals surface area contributed by atoms with Crippen molar-refractivity contribution in [1.82, 2.24) is 10.5 Å². The molecule has 0 saturated heterocycles. The third-order valence-electron chi connectivity index (χ3n) is 8.18. The third kappa shape index (κ3) is 4.71. The second-order valence-corrected chi connectivity index (χ2v) is 10.7. The van der Waals surface area contributed by atoms with Gasteiger partial charge in [0.25, 0.3) is 0 Å². The Morgan fingerprint density at radius 3 is 2.33 bits per heavy atom. The van der Waals surface area contributed by atoms with Crippen molar-refractivity contribution >= 4 is 11.9 Å². The Morgan fingerprint density at radius 2 is 1.65 bits per heavy atom. The number of ether oxygens (including phenoxy) is 1. The third-order valence-corrected chi connectivity index (χ3v) is 8.18. The predicted molar refractivity (Wildman–Crippen MR) is 150 cm³/mol. The molecule has 2 N–H and O–H groups in total. The lowest BCUT2D eigenvalue weighted by molar-refractivity contribution is -0.146. The number of carbonyl (C=O) groups is 2. The van der Waals surface area contributed by atoms with E-state index in [4.69, 9.17) is 9.26 Å². The molecule has 0 spiro atoms. The first-order chi connectivity index (χ1) is 19.4. The molecule has 4 aromatic rings. The average molecular weight is 537 g/mol. The number of nitrogens with one attached hydrogen (secondary N) is 1. The maximum atomic E-state index is 13.1. The number of rotatable bonds is 8. The molecule has 7 nitrogen and oxygen atoms in total. The Morgan fingerprint density at radius 1 is 1.00 bits per heavy atom. The van der Waals surface area contributed by atoms with E-state index in [1.165, 1.54) is 0 Å². The summed E-state index contributed by atoms with van der Waals surface area (Å²) in [4.78, 5) is 25.5. The molecule has 0 aliphatic heterocycles. The molecular weight excluding hydrogens is 504 g/mol. The molecule has 1 heterocycles. The second kappa shape index (κ2) is 10.4. The van der Waals surface area contributed by atoms with Crippen molar-refractivity contribution in [3.8, 4) is 22.5 Å². The molecule has 2 aliphatic carbocycles. The van der Waals surface area contributed by atoms with Crippen LogP contribution in [0.25, 0.3) is 22.5 Å². The van der Waals surface area contributed by atoms with E-state index in [0.717, 1.165) is 51.8 Å². The minimum absolute atomic E-state index is 0.0987. The van der Waals surface area contributed by atoms with Crippen LogP contribution in [-0.2, 0) is 32.6 Å². The number of benzene rings is 3. The van der Waals surface area contributed by atoms with E-state index < -0.39 is 17.6 Å². The number of hydrogen-bond acceptors (Lipinski definition) is 6. The lowest BCUT2D eigenvalue weighted by atomic mass is 9.93. The maximum absolute atomic E-state index is 13.1. The minimum atomic E-state index is -0.647. The van der Waals surface area contributed by atoms with Crippen LogP contribution in [0.15, 0.2) is 77.3 Å². The van der Waals surface area contributed by atoms with Crippen LogP contribution in [0.2, 0.25) is 0 Å². The van der Waals surface area contributed by atoms with Gasteiger partial charge in [-0.15, -0.1) is 0 Å². The fourth-order valence-corrected chi connectivity index (χ4v) is 5.76. The molecule has 0 bridgehead atoms. The van der Waals surface area contributed by atoms with Crippen LogP contribution in [0, 0.1) is 6.92 Å². The first-order valence-electron chi connectivity index (χ1n) is 13.8. The van der Waals surface area contributed by atoms with E-state index in [2.05, 4.69) is 10.5 Å². The first-order valence-corrected chi connectivity index (χ1v) is 13.8. The fourth-order valence-electron chi connectivity index (χ4n) is 5.76. The van der Waals surface area contributed by atoms with Gasteiger partial charge in [0.05, 0.1) is 36.3 Å². The Balaban J connectivity index is 1.16. The molecule has 1 amide bonds. The SMILES string of the molecule is CCOC(=O)C1(c2ccc(-c3ccc(-c4onc(C)c4CC(=O)NC4c5ccccc5CC4O)cc3)cc2)CC1. The van der Waals surface area contributed by atoms with Crippen molar-refractivity contribution in [1.29, 1.82) is 0 Å². The van der Waals surface area contributed by atoms with Crippen molar-refractivity contribution in [2.45, 2.75) is 57.1 Å². The quantitative estimate of drug-likeness (QED) is 0.299. The highest BCUT2D eigenvalue weighted by Gasteiger charge is 2.52. The maximum Gasteiger partial charge on any atom is 0.316 e. The number of aryl methyl sites for hydroxylation is 1. The van der Waals surface area contributed by atoms with Gasteiger partial charge in [0.15, 0.2) is 5.76 Å². The zero-order valence-electron chi connectivity index (χ0n) is 22.6. The van der Waals surface area contributed by atoms with Gasteiger partial charge < -0.3 is 19.7 Å². The predicted octanol–water partition coefficient (Wildman–Crippen LogP) is 5.23. The first kappa shape index (κ1) is 26.0. The van der Waals surface area contributed by atoms with Crippen molar-refractivity contribution < 1.29 is 24.0 Å². The standard InChI is InChI=1S/C33H32N2O5/c1-3-39-32(38)33(16-17-33)25-14-12-22(13-15-25)21-8-10-23(11-9-21)31-27(20(2)35-40-31)19-29(37)34-30-26-7-5-4-6-24(26)18-28(30)36/h4-15,28,30,36H,3,16-19H2,1-2H3,(H,34,37). The topological polar surface area (TPSA) is 102 Å². The summed E-state index contributed by atoms with van der Waals surface area (Å²) in [7, 11) is 0. The van der Waals surface area contributed by atoms with Crippen molar-refractivity contribution in [2.24, 2.45) is 0 Å². The van der Waals surface area contributed by atoms with Crippen LogP contribution in [0.3, 0.4) is 0 Å². The number of carbonyl (C=O) groups excluding carboxylic acids is 2. The summed E-state index contributed by atoms with van der Waals surface area (Å²) in [5.41, 5.74) is 6.82. The average Bonchev–Trinajstić information content (AvgIpc) is 3.63. The summed E-state index contributed by atoms with van der Waals surface area (Å²) in [6.45, 7) is 4.05. The number of aliphatic hydroxyl groups is 1. The number of aromatic nitrogens is 1. The molecule has 40 heavy (non-hydrogen) atoms. The Labute approximate surface area is 233 Å². The highest BCUT2D eigenvalue weighted by Crippen LogP contribution is 2.49. The molecule has 0 radical (unpaired) electrons. The van der Waals surface area contributed by atoms with E-state index in [-0.39, 0.29) is 18.3 Å². The molecule has 2 atom stereocenters. The zero-order chi connectivity index (χ0) is 27.9. The number of hydrogen-bond donors (Lipinski definition) is 2. The molecular formula is C33H32N2O5. The van der Waals surface area contributed by atoms with Gasteiger partial charge in [-0.25, -0.2) is 0 Å². The summed E-state index contributed by atoms with van der Waals surface area (Å²) in [6.07, 6.45) is 1.63. The number of amides is 1. The number of fused-ring (bicyclic) bond motifs is 1. The smallest absolute Gasteiger partial charge is 0.316 e. The van der Waals surface area contributed by atoms with Gasteiger partial charge in [0, 0.05) is 17.5 Å². The number of aliphatic hydroxyl groups excluding tert-OH is 1. The lowest BCUT2D eigenvalue weighted by Gasteiger charge is -2.18. The van der Waals surface area contributed by atoms with Gasteiger partial charge in [-0.1, -0.05) is 78.0 Å². The van der Waals surface area contributed by atoms with Gasteiger partial charge in [-0.2, -0.15) is 0 Å². The van der Waals surface area contributed by atoms with Crippen molar-refractivity contribution in [3.63, 3.8) is 0 Å². The summed E-state index contributed by atoms with van der Waals surface area (Å²) in [6, 6.07) is 23.4. The summed E-state index contributed by atoms with van der Waals surface area (Å²) >= 11 is 0. The molecule has 204 valence electrons. The van der Waals surface area contributed by atoms with E-state index in [0.29, 0.717) is 24.5 Å². The van der Waals surface area contributed by atoms with Gasteiger partial charge in [-0.05, 0) is 54.5 Å². The number of esters is 1. The van der Waals surface area contributed by atoms with Gasteiger partial charge in [0.1, 0.15) is 0 Å². The molecule has 1 fully saturated rings. The van der Waals surface area contributed by atoms with Crippen molar-refractivity contribution in [2.75, 3.05) is 6.61 Å². The van der Waals surface area contributed by atoms with Crippen molar-refractivity contribution in [3.05, 3.63) is 101 Å². The molecule has 2 aliphatic rings. The normalized spacial score (nSPS) is 18.7. The van der Waals surface area contributed by atoms with Gasteiger partial charge in [0.2, 0.25) is 5.91 Å². The molecule has 1 saturated carbocycles. The van der Waals surface area contributed by atoms with E-state index >= 15 is 0 Å². The molecule has 3 aromatic carbocycles. The van der Waals surface area contributed by atoms with Crippen LogP contribution in [0.4, 0.5) is 0 Å².